The molecule has 0 fully saturated rings. The molecule has 3 aromatic rings. The molecule has 0 aliphatic rings. The molecule has 0 atom stereocenters. The van der Waals surface area contributed by atoms with E-state index in [0.717, 1.165) is 22.7 Å². The Bertz CT molecular complexity index is 1090. The number of fused-ring (bicyclic) bond motifs is 1. The van der Waals surface area contributed by atoms with Crippen LogP contribution in [-0.4, -0.2) is 43.5 Å². The van der Waals surface area contributed by atoms with E-state index >= 15 is 0 Å². The minimum atomic E-state index is -0.226. The van der Waals surface area contributed by atoms with Crippen LogP contribution in [0.3, 0.4) is 0 Å². The number of furan rings is 1. The van der Waals surface area contributed by atoms with Crippen molar-refractivity contribution < 1.29 is 33.0 Å². The molecule has 3 rings (SSSR count). The van der Waals surface area contributed by atoms with Crippen molar-refractivity contribution in [3.05, 3.63) is 65.9 Å². The maximum Gasteiger partial charge on any atom is 0.212 e. The largest absolute Gasteiger partial charge is 0.468 e. The first-order valence-corrected chi connectivity index (χ1v) is 11.5. The van der Waals surface area contributed by atoms with Crippen LogP contribution in [0.15, 0.2) is 59.2 Å². The van der Waals surface area contributed by atoms with Crippen molar-refractivity contribution in [3.8, 4) is 11.5 Å². The van der Waals surface area contributed by atoms with E-state index in [9.17, 15) is 9.59 Å². The highest BCUT2D eigenvalue weighted by atomic mass is 32.2. The average molecular weight is 471 g/mol. The molecule has 0 bridgehead atoms. The Balaban J connectivity index is 1.54. The first-order chi connectivity index (χ1) is 16.1. The number of Topliss-reactive ketones (excluding diaryl/α,β-unsaturated/α-hetero) is 1. The van der Waals surface area contributed by atoms with Crippen molar-refractivity contribution in [1.82, 2.24) is 0 Å². The molecule has 0 unspecified atom stereocenters. The molecule has 1 aromatic heterocycles. The SMILES string of the molecule is CCOCOc1ccc(C(=O)CSC(=O)/C=C/c2cc(OCOCC)c3ccoc3c2)cc1. The number of carbonyl (C=O) groups is 2. The monoisotopic (exact) mass is 470 g/mol. The van der Waals surface area contributed by atoms with Gasteiger partial charge in [-0.05, 0) is 68.0 Å². The molecule has 1 heterocycles. The van der Waals surface area contributed by atoms with E-state index in [1.807, 2.05) is 32.0 Å². The molecular weight excluding hydrogens is 444 g/mol. The van der Waals surface area contributed by atoms with Crippen molar-refractivity contribution in [2.75, 3.05) is 32.6 Å². The van der Waals surface area contributed by atoms with Gasteiger partial charge >= 0.3 is 0 Å². The van der Waals surface area contributed by atoms with Crippen LogP contribution >= 0.6 is 11.8 Å². The molecule has 0 radical (unpaired) electrons. The summed E-state index contributed by atoms with van der Waals surface area (Å²) in [6.07, 6.45) is 4.68. The second-order valence-corrected chi connectivity index (χ2v) is 7.73. The Labute approximate surface area is 196 Å². The van der Waals surface area contributed by atoms with Crippen LogP contribution in [0, 0.1) is 0 Å². The number of rotatable bonds is 13. The Morgan fingerprint density at radius 1 is 0.970 bits per heavy atom. The van der Waals surface area contributed by atoms with Crippen LogP contribution in [-0.2, 0) is 14.3 Å². The van der Waals surface area contributed by atoms with Crippen LogP contribution in [0.25, 0.3) is 17.0 Å². The summed E-state index contributed by atoms with van der Waals surface area (Å²) >= 11 is 0.945. The molecule has 0 amide bonds. The molecule has 0 saturated carbocycles. The van der Waals surface area contributed by atoms with Crippen molar-refractivity contribution >= 4 is 39.7 Å². The van der Waals surface area contributed by atoms with Crippen molar-refractivity contribution in [2.24, 2.45) is 0 Å². The highest BCUT2D eigenvalue weighted by molar-refractivity contribution is 8.14. The number of benzene rings is 2. The van der Waals surface area contributed by atoms with E-state index in [-0.39, 0.29) is 30.2 Å². The van der Waals surface area contributed by atoms with E-state index in [2.05, 4.69) is 0 Å². The third-order valence-electron chi connectivity index (χ3n) is 4.50. The van der Waals surface area contributed by atoms with Gasteiger partial charge in [0.25, 0.3) is 0 Å². The average Bonchev–Trinajstić information content (AvgIpc) is 3.31. The number of ether oxygens (including phenoxy) is 4. The van der Waals surface area contributed by atoms with E-state index in [1.165, 1.54) is 6.08 Å². The Kier molecular flexibility index (Phi) is 9.56. The van der Waals surface area contributed by atoms with Crippen LogP contribution < -0.4 is 9.47 Å². The second-order valence-electron chi connectivity index (χ2n) is 6.75. The zero-order valence-electron chi connectivity index (χ0n) is 18.6. The highest BCUT2D eigenvalue weighted by Crippen LogP contribution is 2.29. The number of hydrogen-bond donors (Lipinski definition) is 0. The molecule has 7 nitrogen and oxygen atoms in total. The van der Waals surface area contributed by atoms with E-state index in [1.54, 1.807) is 36.6 Å². The summed E-state index contributed by atoms with van der Waals surface area (Å²) in [7, 11) is 0. The molecule has 33 heavy (non-hydrogen) atoms. The van der Waals surface area contributed by atoms with E-state index in [0.29, 0.717) is 35.9 Å². The maximum atomic E-state index is 12.4. The topological polar surface area (TPSA) is 84.2 Å². The summed E-state index contributed by atoms with van der Waals surface area (Å²) in [6.45, 7) is 5.17. The van der Waals surface area contributed by atoms with Crippen molar-refractivity contribution in [2.45, 2.75) is 13.8 Å². The fourth-order valence-electron chi connectivity index (χ4n) is 2.83. The minimum absolute atomic E-state index is 0.0439. The summed E-state index contributed by atoms with van der Waals surface area (Å²) in [4.78, 5) is 24.7. The quantitative estimate of drug-likeness (QED) is 0.143. The number of hydrogen-bond acceptors (Lipinski definition) is 8. The fraction of sp³-hybridized carbons (Fsp3) is 0.280. The van der Waals surface area contributed by atoms with Gasteiger partial charge in [-0.3, -0.25) is 9.59 Å². The van der Waals surface area contributed by atoms with Crippen molar-refractivity contribution in [3.63, 3.8) is 0 Å². The summed E-state index contributed by atoms with van der Waals surface area (Å²) in [6, 6.07) is 12.2. The van der Waals surface area contributed by atoms with Crippen LogP contribution in [0.5, 0.6) is 11.5 Å². The molecule has 8 heteroatoms. The van der Waals surface area contributed by atoms with Gasteiger partial charge in [0.1, 0.15) is 17.1 Å². The summed E-state index contributed by atoms with van der Waals surface area (Å²) < 4.78 is 26.9. The predicted octanol–water partition coefficient (Wildman–Crippen LogP) is 5.33. The van der Waals surface area contributed by atoms with Gasteiger partial charge in [-0.25, -0.2) is 0 Å². The summed E-state index contributed by atoms with van der Waals surface area (Å²) in [5.74, 6) is 1.13. The number of carbonyl (C=O) groups excluding carboxylic acids is 2. The lowest BCUT2D eigenvalue weighted by molar-refractivity contribution is -0.107. The van der Waals surface area contributed by atoms with Gasteiger partial charge in [-0.15, -0.1) is 0 Å². The third-order valence-corrected chi connectivity index (χ3v) is 5.33. The molecule has 174 valence electrons. The second kappa shape index (κ2) is 12.8. The van der Waals surface area contributed by atoms with Gasteiger partial charge in [0.2, 0.25) is 5.12 Å². The van der Waals surface area contributed by atoms with Crippen molar-refractivity contribution in [1.29, 1.82) is 0 Å². The molecule has 0 aliphatic carbocycles. The third kappa shape index (κ3) is 7.49. The van der Waals surface area contributed by atoms with Gasteiger partial charge in [0, 0.05) is 18.8 Å². The molecular formula is C25H26O7S. The van der Waals surface area contributed by atoms with Crippen LogP contribution in [0.1, 0.15) is 29.8 Å². The lowest BCUT2D eigenvalue weighted by atomic mass is 10.1. The first kappa shape index (κ1) is 24.6. The summed E-state index contributed by atoms with van der Waals surface area (Å²) in [5, 5.41) is 0.601. The Morgan fingerprint density at radius 2 is 1.70 bits per heavy atom. The molecule has 0 N–H and O–H groups in total. The Morgan fingerprint density at radius 3 is 2.42 bits per heavy atom. The molecule has 0 aliphatic heterocycles. The van der Waals surface area contributed by atoms with Gasteiger partial charge < -0.3 is 23.4 Å². The zero-order chi connectivity index (χ0) is 23.5. The first-order valence-electron chi connectivity index (χ1n) is 10.5. The molecule has 0 spiro atoms. The molecule has 0 saturated heterocycles. The summed E-state index contributed by atoms with van der Waals surface area (Å²) in [5.41, 5.74) is 1.90. The van der Waals surface area contributed by atoms with Gasteiger partial charge in [0.05, 0.1) is 17.4 Å². The highest BCUT2D eigenvalue weighted by Gasteiger charge is 2.10. The normalized spacial score (nSPS) is 11.2. The minimum Gasteiger partial charge on any atom is -0.468 e. The van der Waals surface area contributed by atoms with Crippen LogP contribution in [0.4, 0.5) is 0 Å². The van der Waals surface area contributed by atoms with E-state index in [4.69, 9.17) is 23.4 Å². The van der Waals surface area contributed by atoms with E-state index < -0.39 is 0 Å². The maximum absolute atomic E-state index is 12.4. The zero-order valence-corrected chi connectivity index (χ0v) is 19.4. The van der Waals surface area contributed by atoms with Gasteiger partial charge in [-0.2, -0.15) is 0 Å². The van der Waals surface area contributed by atoms with Gasteiger partial charge in [-0.1, -0.05) is 17.8 Å². The lowest BCUT2D eigenvalue weighted by Crippen LogP contribution is -2.05. The van der Waals surface area contributed by atoms with Crippen LogP contribution in [0.2, 0.25) is 0 Å². The fourth-order valence-corrected chi connectivity index (χ4v) is 3.43. The standard InChI is InChI=1S/C25H26O7S/c1-3-28-16-31-20-8-6-19(7-9-20)22(26)15-33-25(27)10-5-18-13-23-21(11-12-30-23)24(14-18)32-17-29-4-2/h5-14H,3-4,15-17H2,1-2H3/b10-5+. The smallest absolute Gasteiger partial charge is 0.212 e. The van der Waals surface area contributed by atoms with Gasteiger partial charge in [0.15, 0.2) is 19.4 Å². The number of ketones is 1. The lowest BCUT2D eigenvalue weighted by Gasteiger charge is -2.08. The Hall–Kier alpha value is -3.07. The predicted molar refractivity (Wildman–Crippen MR) is 128 cm³/mol. The number of thioether (sulfide) groups is 1. The molecule has 2 aromatic carbocycles.